The van der Waals surface area contributed by atoms with Gasteiger partial charge in [-0.2, -0.15) is 4.91 Å². The van der Waals surface area contributed by atoms with Gasteiger partial charge in [0.1, 0.15) is 11.3 Å². The van der Waals surface area contributed by atoms with Crippen LogP contribution in [0.4, 0.5) is 11.5 Å². The zero-order chi connectivity index (χ0) is 18.4. The minimum absolute atomic E-state index is 0.268. The molecular formula is C19H24N6O. The van der Waals surface area contributed by atoms with Crippen molar-refractivity contribution in [2.24, 2.45) is 5.18 Å². The van der Waals surface area contributed by atoms with Crippen molar-refractivity contribution in [2.45, 2.75) is 32.9 Å². The Morgan fingerprint density at radius 1 is 1.19 bits per heavy atom. The molecule has 0 amide bonds. The molecule has 7 heteroatoms. The number of rotatable bonds is 9. The monoisotopic (exact) mass is 352 g/mol. The average Bonchev–Trinajstić information content (AvgIpc) is 3.08. The first-order valence-electron chi connectivity index (χ1n) is 8.87. The number of anilines is 2. The highest BCUT2D eigenvalue weighted by Crippen LogP contribution is 2.26. The summed E-state index contributed by atoms with van der Waals surface area (Å²) < 4.78 is 2.06. The third-order valence-corrected chi connectivity index (χ3v) is 4.14. The lowest BCUT2D eigenvalue weighted by molar-refractivity contribution is 0.613. The Balaban J connectivity index is 1.87. The topological polar surface area (TPSA) is 84.2 Å². The van der Waals surface area contributed by atoms with Crippen LogP contribution in [0, 0.1) is 4.91 Å². The molecule has 0 saturated heterocycles. The lowest BCUT2D eigenvalue weighted by Crippen LogP contribution is -2.08. The Kier molecular flexibility index (Phi) is 5.78. The number of hydrogen-bond donors (Lipinski definition) is 2. The van der Waals surface area contributed by atoms with Gasteiger partial charge in [0.25, 0.3) is 0 Å². The molecule has 26 heavy (non-hydrogen) atoms. The number of fused-ring (bicyclic) bond motifs is 1. The smallest absolute Gasteiger partial charge is 0.164 e. The maximum Gasteiger partial charge on any atom is 0.164 e. The molecule has 1 aromatic carbocycles. The number of pyridine rings is 1. The summed E-state index contributed by atoms with van der Waals surface area (Å²) in [5.41, 5.74) is 3.84. The number of nitrogens with one attached hydrogen (secondary N) is 2. The van der Waals surface area contributed by atoms with Crippen LogP contribution in [0.15, 0.2) is 47.9 Å². The second-order valence-corrected chi connectivity index (χ2v) is 6.45. The molecule has 0 radical (unpaired) electrons. The largest absolute Gasteiger partial charge is 0.379 e. The molecule has 0 bridgehead atoms. The molecule has 3 aromatic rings. The van der Waals surface area contributed by atoms with Crippen LogP contribution < -0.4 is 10.6 Å². The van der Waals surface area contributed by atoms with E-state index in [1.807, 2.05) is 30.6 Å². The molecule has 0 aliphatic heterocycles. The van der Waals surface area contributed by atoms with E-state index in [4.69, 9.17) is 4.98 Å². The van der Waals surface area contributed by atoms with E-state index in [2.05, 4.69) is 51.3 Å². The molecule has 0 unspecified atom stereocenters. The number of nitroso groups, excluding NO2 is 1. The van der Waals surface area contributed by atoms with Gasteiger partial charge in [-0.25, -0.2) is 9.97 Å². The van der Waals surface area contributed by atoms with Gasteiger partial charge < -0.3 is 15.2 Å². The first-order valence-corrected chi connectivity index (χ1v) is 8.87. The van der Waals surface area contributed by atoms with Crippen molar-refractivity contribution >= 4 is 22.7 Å². The summed E-state index contributed by atoms with van der Waals surface area (Å²) in [7, 11) is 0. The molecule has 2 N–H and O–H groups in total. The first-order chi connectivity index (χ1) is 12.7. The summed E-state index contributed by atoms with van der Waals surface area (Å²) in [6, 6.07) is 12.5. The van der Waals surface area contributed by atoms with Crippen LogP contribution in [-0.2, 0) is 6.54 Å². The highest BCUT2D eigenvalue weighted by atomic mass is 16.3. The Morgan fingerprint density at radius 3 is 2.73 bits per heavy atom. The van der Waals surface area contributed by atoms with Gasteiger partial charge in [0.2, 0.25) is 0 Å². The van der Waals surface area contributed by atoms with Crippen LogP contribution in [0.25, 0.3) is 11.2 Å². The fourth-order valence-electron chi connectivity index (χ4n) is 2.76. The third-order valence-electron chi connectivity index (χ3n) is 4.14. The lowest BCUT2D eigenvalue weighted by atomic mass is 10.2. The van der Waals surface area contributed by atoms with Crippen LogP contribution in [-0.4, -0.2) is 27.6 Å². The highest BCUT2D eigenvalue weighted by Gasteiger charge is 2.13. The van der Waals surface area contributed by atoms with Crippen LogP contribution >= 0.6 is 0 Å². The van der Waals surface area contributed by atoms with Crippen molar-refractivity contribution in [3.63, 3.8) is 0 Å². The predicted molar refractivity (Wildman–Crippen MR) is 105 cm³/mol. The summed E-state index contributed by atoms with van der Waals surface area (Å²) >= 11 is 0. The van der Waals surface area contributed by atoms with Crippen molar-refractivity contribution in [3.8, 4) is 0 Å². The van der Waals surface area contributed by atoms with Gasteiger partial charge in [-0.05, 0) is 25.8 Å². The normalized spacial score (nSPS) is 11.0. The molecule has 2 heterocycles. The summed E-state index contributed by atoms with van der Waals surface area (Å²) in [5.74, 6) is 0.765. The molecule has 2 aromatic heterocycles. The van der Waals surface area contributed by atoms with Gasteiger partial charge in [-0.1, -0.05) is 35.5 Å². The number of nitrogens with zero attached hydrogens (tertiary/aromatic N) is 4. The van der Waals surface area contributed by atoms with Gasteiger partial charge in [0, 0.05) is 25.2 Å². The van der Waals surface area contributed by atoms with Crippen molar-refractivity contribution in [1.29, 1.82) is 0 Å². The Bertz CT molecular complexity index is 859. The van der Waals surface area contributed by atoms with E-state index in [0.717, 1.165) is 22.7 Å². The molecule has 0 fully saturated rings. The molecule has 7 nitrogen and oxygen atoms in total. The summed E-state index contributed by atoms with van der Waals surface area (Å²) in [5, 5.41) is 9.64. The van der Waals surface area contributed by atoms with Crippen molar-refractivity contribution in [3.05, 3.63) is 53.2 Å². The zero-order valence-electron chi connectivity index (χ0n) is 15.1. The predicted octanol–water partition coefficient (Wildman–Crippen LogP) is 4.19. The van der Waals surface area contributed by atoms with Gasteiger partial charge in [0.05, 0.1) is 18.6 Å². The Morgan fingerprint density at radius 2 is 2.00 bits per heavy atom. The fourth-order valence-corrected chi connectivity index (χ4v) is 2.76. The lowest BCUT2D eigenvalue weighted by Gasteiger charge is -2.13. The van der Waals surface area contributed by atoms with Crippen molar-refractivity contribution in [2.75, 3.05) is 23.7 Å². The molecule has 0 saturated carbocycles. The van der Waals surface area contributed by atoms with Crippen LogP contribution in [0.2, 0.25) is 0 Å². The molecular weight excluding hydrogens is 328 g/mol. The summed E-state index contributed by atoms with van der Waals surface area (Å²) in [6.07, 6.45) is 2.51. The van der Waals surface area contributed by atoms with Gasteiger partial charge >= 0.3 is 0 Å². The third kappa shape index (κ3) is 4.17. The number of hydrogen-bond acceptors (Lipinski definition) is 6. The molecule has 0 spiro atoms. The van der Waals surface area contributed by atoms with E-state index in [0.29, 0.717) is 26.1 Å². The second kappa shape index (κ2) is 8.42. The summed E-state index contributed by atoms with van der Waals surface area (Å²) in [6.45, 7) is 5.88. The maximum absolute atomic E-state index is 10.2. The number of aromatic nitrogens is 3. The Labute approximate surface area is 152 Å². The van der Waals surface area contributed by atoms with Crippen LogP contribution in [0.3, 0.4) is 0 Å². The van der Waals surface area contributed by atoms with Gasteiger partial charge in [-0.15, -0.1) is 0 Å². The van der Waals surface area contributed by atoms with Crippen molar-refractivity contribution < 1.29 is 0 Å². The minimum atomic E-state index is 0.268. The fraction of sp³-hybridized carbons (Fsp3) is 0.368. The van der Waals surface area contributed by atoms with E-state index in [-0.39, 0.29) is 6.04 Å². The zero-order valence-corrected chi connectivity index (χ0v) is 15.1. The minimum Gasteiger partial charge on any atom is -0.379 e. The van der Waals surface area contributed by atoms with Gasteiger partial charge in [-0.3, -0.25) is 0 Å². The molecule has 136 valence electrons. The summed E-state index contributed by atoms with van der Waals surface area (Å²) in [4.78, 5) is 19.5. The second-order valence-electron chi connectivity index (χ2n) is 6.45. The number of benzene rings is 1. The van der Waals surface area contributed by atoms with Gasteiger partial charge in [0.15, 0.2) is 5.65 Å². The Hall–Kier alpha value is -2.96. The highest BCUT2D eigenvalue weighted by molar-refractivity contribution is 5.88. The van der Waals surface area contributed by atoms with E-state index in [1.54, 1.807) is 0 Å². The van der Waals surface area contributed by atoms with E-state index in [9.17, 15) is 4.91 Å². The van der Waals surface area contributed by atoms with Crippen LogP contribution in [0.5, 0.6) is 0 Å². The SMILES string of the molecule is CC(C)n1cnc2c(NCc3ccccc3)cc(NCCCN=O)nc21. The maximum atomic E-state index is 10.2. The number of imidazole rings is 1. The molecule has 0 atom stereocenters. The molecule has 3 rings (SSSR count). The van der Waals surface area contributed by atoms with Crippen molar-refractivity contribution in [1.82, 2.24) is 14.5 Å². The molecule has 0 aliphatic rings. The van der Waals surface area contributed by atoms with E-state index >= 15 is 0 Å². The van der Waals surface area contributed by atoms with E-state index < -0.39 is 0 Å². The van der Waals surface area contributed by atoms with E-state index in [1.165, 1.54) is 5.56 Å². The van der Waals surface area contributed by atoms with Crippen LogP contribution in [0.1, 0.15) is 31.9 Å². The first kappa shape index (κ1) is 17.8. The molecule has 0 aliphatic carbocycles. The average molecular weight is 352 g/mol. The quantitative estimate of drug-likeness (QED) is 0.445. The standard InChI is InChI=1S/C19H24N6O/c1-14(2)25-13-22-18-16(21-12-15-7-4-3-5-8-15)11-17(24-19(18)25)20-9-6-10-23-26/h3-5,7-8,11,13-14H,6,9-10,12H2,1-2H3,(H2,20,21,24).